The van der Waals surface area contributed by atoms with Crippen LogP contribution in [0, 0.1) is 29.6 Å². The fourth-order valence-electron chi connectivity index (χ4n) is 7.03. The van der Waals surface area contributed by atoms with E-state index in [2.05, 4.69) is 15.6 Å². The molecule has 5 N–H and O–H groups in total. The molecule has 3 amide bonds. The summed E-state index contributed by atoms with van der Waals surface area (Å²) in [5.74, 6) is 2.02. The van der Waals surface area contributed by atoms with Gasteiger partial charge in [0.05, 0.1) is 0 Å². The third-order valence-corrected chi connectivity index (χ3v) is 7.92. The quantitative estimate of drug-likeness (QED) is 0.410. The number of anilines is 2. The molecule has 5 rings (SSSR count). The van der Waals surface area contributed by atoms with Gasteiger partial charge in [-0.05, 0) is 68.1 Å². The summed E-state index contributed by atoms with van der Waals surface area (Å²) < 4.78 is 1.30. The number of H-pyrrole nitrogens is 1. The van der Waals surface area contributed by atoms with E-state index in [1.165, 1.54) is 28.7 Å². The van der Waals surface area contributed by atoms with Crippen LogP contribution in [0.4, 0.5) is 16.3 Å². The maximum absolute atomic E-state index is 13.3. The molecular formula is C26H42N6O4. The number of nitrogens with two attached hydrogens (primary N) is 1. The number of aromatic amines is 1. The van der Waals surface area contributed by atoms with Crippen LogP contribution in [0.5, 0.6) is 0 Å². The highest BCUT2D eigenvalue weighted by Gasteiger charge is 2.51. The summed E-state index contributed by atoms with van der Waals surface area (Å²) in [7, 11) is 0. The maximum Gasteiger partial charge on any atom is 0.330 e. The monoisotopic (exact) mass is 502 g/mol. The van der Waals surface area contributed by atoms with Crippen LogP contribution in [0.1, 0.15) is 72.6 Å². The van der Waals surface area contributed by atoms with Crippen molar-refractivity contribution in [2.75, 3.05) is 23.7 Å². The van der Waals surface area contributed by atoms with Gasteiger partial charge in [0.2, 0.25) is 5.91 Å². The van der Waals surface area contributed by atoms with Crippen LogP contribution in [0.25, 0.3) is 0 Å². The number of urea groups is 1. The van der Waals surface area contributed by atoms with Gasteiger partial charge in [0.1, 0.15) is 5.82 Å². The van der Waals surface area contributed by atoms with Crippen LogP contribution in [0.2, 0.25) is 0 Å². The normalized spacial score (nSPS) is 26.4. The minimum atomic E-state index is -0.681. The Kier molecular flexibility index (Phi) is 7.52. The van der Waals surface area contributed by atoms with Gasteiger partial charge in [-0.1, -0.05) is 27.7 Å². The average molecular weight is 503 g/mol. The molecule has 10 nitrogen and oxygen atoms in total. The molecule has 0 aliphatic heterocycles. The highest BCUT2D eigenvalue weighted by atomic mass is 16.2. The number of nitrogen functional groups attached to an aromatic ring is 1. The van der Waals surface area contributed by atoms with Gasteiger partial charge in [-0.25, -0.2) is 9.59 Å². The second-order valence-electron chi connectivity index (χ2n) is 12.2. The predicted octanol–water partition coefficient (Wildman–Crippen LogP) is 2.42. The number of hydrogen-bond acceptors (Lipinski definition) is 5. The van der Waals surface area contributed by atoms with Crippen molar-refractivity contribution >= 4 is 23.4 Å². The van der Waals surface area contributed by atoms with Crippen molar-refractivity contribution in [2.45, 2.75) is 84.7 Å². The zero-order chi connectivity index (χ0) is 26.2. The second-order valence-corrected chi connectivity index (χ2v) is 12.2. The molecule has 36 heavy (non-hydrogen) atoms. The average Bonchev–Trinajstić information content (AvgIpc) is 2.74. The molecule has 4 fully saturated rings. The summed E-state index contributed by atoms with van der Waals surface area (Å²) >= 11 is 0. The minimum absolute atomic E-state index is 0.00744. The molecule has 4 aliphatic rings. The lowest BCUT2D eigenvalue weighted by molar-refractivity contribution is -0.118. The van der Waals surface area contributed by atoms with Crippen LogP contribution in [-0.4, -0.2) is 40.1 Å². The number of hydrogen-bond donors (Lipinski definition) is 4. The van der Waals surface area contributed by atoms with Crippen molar-refractivity contribution < 1.29 is 9.59 Å². The summed E-state index contributed by atoms with van der Waals surface area (Å²) in [6.45, 7) is 8.49. The van der Waals surface area contributed by atoms with Crippen molar-refractivity contribution in [3.05, 3.63) is 20.8 Å². The van der Waals surface area contributed by atoms with Gasteiger partial charge in [-0.3, -0.25) is 19.1 Å². The Bertz CT molecular complexity index is 1070. The van der Waals surface area contributed by atoms with E-state index in [0.29, 0.717) is 6.54 Å². The largest absolute Gasteiger partial charge is 0.383 e. The number of rotatable bonds is 9. The Labute approximate surface area is 212 Å². The van der Waals surface area contributed by atoms with Crippen molar-refractivity contribution in [2.24, 2.45) is 29.6 Å². The van der Waals surface area contributed by atoms with E-state index in [9.17, 15) is 19.2 Å². The van der Waals surface area contributed by atoms with Gasteiger partial charge in [0, 0.05) is 31.6 Å². The Hall–Kier alpha value is -2.78. The van der Waals surface area contributed by atoms with Gasteiger partial charge in [-0.15, -0.1) is 0 Å². The standard InChI is InChI=1S/C26H42N6O4/c1-15(2)13-31(21-22(27)32(14-16(3)4)25(36)29-23(21)34)20(33)5-6-28-24(35)30-26-10-17-7-18(11-26)9-19(8-17)12-26/h15-19H,5-14,27H2,1-4H3,(H2,28,30,35)(H,29,34,36). The summed E-state index contributed by atoms with van der Waals surface area (Å²) in [5.41, 5.74) is 4.88. The van der Waals surface area contributed by atoms with Gasteiger partial charge in [-0.2, -0.15) is 0 Å². The SMILES string of the molecule is CC(C)CN(C(=O)CCNC(=O)NC12CC3CC(CC(C3)C1)C2)c1c(N)n(CC(C)C)c(=O)[nH]c1=O. The van der Waals surface area contributed by atoms with Crippen LogP contribution in [0.15, 0.2) is 9.59 Å². The number of amides is 3. The number of carbonyl (C=O) groups is 2. The Balaban J connectivity index is 1.41. The summed E-state index contributed by atoms with van der Waals surface area (Å²) in [5, 5.41) is 6.11. The molecule has 0 unspecified atom stereocenters. The molecule has 0 spiro atoms. The molecule has 0 atom stereocenters. The summed E-state index contributed by atoms with van der Waals surface area (Å²) in [6.07, 6.45) is 7.09. The van der Waals surface area contributed by atoms with Crippen molar-refractivity contribution in [1.29, 1.82) is 0 Å². The summed E-state index contributed by atoms with van der Waals surface area (Å²) in [6, 6.07) is -0.233. The molecule has 0 saturated heterocycles. The van der Waals surface area contributed by atoms with E-state index in [-0.39, 0.29) is 60.3 Å². The molecule has 4 bridgehead atoms. The fraction of sp³-hybridized carbons (Fsp3) is 0.769. The molecule has 1 aromatic rings. The lowest BCUT2D eigenvalue weighted by Crippen LogP contribution is -2.61. The zero-order valence-corrected chi connectivity index (χ0v) is 22.1. The molecule has 4 aliphatic carbocycles. The van der Waals surface area contributed by atoms with E-state index in [0.717, 1.165) is 37.0 Å². The predicted molar refractivity (Wildman–Crippen MR) is 140 cm³/mol. The molecule has 0 radical (unpaired) electrons. The third-order valence-electron chi connectivity index (χ3n) is 7.92. The van der Waals surface area contributed by atoms with E-state index in [1.807, 2.05) is 27.7 Å². The Morgan fingerprint density at radius 1 is 1.06 bits per heavy atom. The van der Waals surface area contributed by atoms with E-state index >= 15 is 0 Å². The highest BCUT2D eigenvalue weighted by molar-refractivity contribution is 5.95. The van der Waals surface area contributed by atoms with Crippen LogP contribution in [0.3, 0.4) is 0 Å². The van der Waals surface area contributed by atoms with Crippen LogP contribution >= 0.6 is 0 Å². The first-order valence-electron chi connectivity index (χ1n) is 13.4. The van der Waals surface area contributed by atoms with Gasteiger partial charge >= 0.3 is 11.7 Å². The molecule has 200 valence electrons. The molecule has 0 aromatic carbocycles. The Morgan fingerprint density at radius 2 is 1.64 bits per heavy atom. The first-order chi connectivity index (χ1) is 17.0. The smallest absolute Gasteiger partial charge is 0.330 e. The molecular weight excluding hydrogens is 460 g/mol. The zero-order valence-electron chi connectivity index (χ0n) is 22.1. The molecule has 1 heterocycles. The number of nitrogens with one attached hydrogen (secondary N) is 3. The number of carbonyl (C=O) groups excluding carboxylic acids is 2. The first-order valence-corrected chi connectivity index (χ1v) is 13.4. The van der Waals surface area contributed by atoms with Gasteiger partial charge < -0.3 is 21.3 Å². The van der Waals surface area contributed by atoms with E-state index < -0.39 is 11.2 Å². The molecule has 10 heteroatoms. The third kappa shape index (κ3) is 5.62. The lowest BCUT2D eigenvalue weighted by atomic mass is 9.53. The minimum Gasteiger partial charge on any atom is -0.383 e. The number of aromatic nitrogens is 2. The maximum atomic E-state index is 13.3. The van der Waals surface area contributed by atoms with Crippen LogP contribution in [-0.2, 0) is 11.3 Å². The van der Waals surface area contributed by atoms with Crippen molar-refractivity contribution in [3.8, 4) is 0 Å². The van der Waals surface area contributed by atoms with Crippen molar-refractivity contribution in [3.63, 3.8) is 0 Å². The van der Waals surface area contributed by atoms with Gasteiger partial charge in [0.25, 0.3) is 5.56 Å². The summed E-state index contributed by atoms with van der Waals surface area (Å²) in [4.78, 5) is 54.8. The lowest BCUT2D eigenvalue weighted by Gasteiger charge is -2.56. The number of nitrogens with zero attached hydrogens (tertiary/aromatic N) is 2. The van der Waals surface area contributed by atoms with Crippen LogP contribution < -0.4 is 32.5 Å². The highest BCUT2D eigenvalue weighted by Crippen LogP contribution is 2.55. The fourth-order valence-corrected chi connectivity index (χ4v) is 7.03. The van der Waals surface area contributed by atoms with Crippen molar-refractivity contribution in [1.82, 2.24) is 20.2 Å². The topological polar surface area (TPSA) is 142 Å². The van der Waals surface area contributed by atoms with E-state index in [4.69, 9.17) is 5.73 Å². The molecule has 1 aromatic heterocycles. The van der Waals surface area contributed by atoms with E-state index in [1.54, 1.807) is 0 Å². The first kappa shape index (κ1) is 26.3. The second kappa shape index (κ2) is 10.3. The Morgan fingerprint density at radius 3 is 2.17 bits per heavy atom. The molecule has 4 saturated carbocycles. The van der Waals surface area contributed by atoms with Gasteiger partial charge in [0.15, 0.2) is 5.69 Å².